The molecule has 0 unspecified atom stereocenters. The third-order valence-corrected chi connectivity index (χ3v) is 3.69. The summed E-state index contributed by atoms with van der Waals surface area (Å²) in [5, 5.41) is 13.5. The summed E-state index contributed by atoms with van der Waals surface area (Å²) in [5.74, 6) is 0.816. The summed E-state index contributed by atoms with van der Waals surface area (Å²) in [6.07, 6.45) is 1.60. The summed E-state index contributed by atoms with van der Waals surface area (Å²) >= 11 is 12.3. The Kier molecular flexibility index (Phi) is 4.07. The molecule has 0 bridgehead atoms. The fourth-order valence-corrected chi connectivity index (χ4v) is 2.60. The zero-order valence-electron chi connectivity index (χ0n) is 11.6. The lowest BCUT2D eigenvalue weighted by Gasteiger charge is -2.25. The van der Waals surface area contributed by atoms with Crippen LogP contribution in [-0.2, 0) is 0 Å². The van der Waals surface area contributed by atoms with Gasteiger partial charge < -0.3 is 15.0 Å². The zero-order valence-corrected chi connectivity index (χ0v) is 13.1. The molecule has 0 aliphatic heterocycles. The van der Waals surface area contributed by atoms with E-state index in [1.54, 1.807) is 6.20 Å². The Morgan fingerprint density at radius 3 is 2.45 bits per heavy atom. The van der Waals surface area contributed by atoms with Crippen molar-refractivity contribution in [2.45, 2.75) is 0 Å². The molecule has 4 nitrogen and oxygen atoms in total. The first kappa shape index (κ1) is 14.9. The summed E-state index contributed by atoms with van der Waals surface area (Å²) in [7, 11) is 1.37. The Bertz CT molecular complexity index is 814. The molecular weight excluding hydrogens is 323 g/mol. The number of nitrogens with zero attached hydrogens (tertiary/aromatic N) is 2. The van der Waals surface area contributed by atoms with Crippen molar-refractivity contribution in [2.24, 2.45) is 0 Å². The van der Waals surface area contributed by atoms with Gasteiger partial charge in [-0.25, -0.2) is 0 Å². The normalized spacial score (nSPS) is 10.7. The molecule has 1 aromatic heterocycles. The molecule has 1 heterocycles. The highest BCUT2D eigenvalue weighted by Crippen LogP contribution is 2.39. The minimum atomic E-state index is 0.262. The van der Waals surface area contributed by atoms with Gasteiger partial charge in [0.15, 0.2) is 5.75 Å². The lowest BCUT2D eigenvalue weighted by Crippen LogP contribution is -2.05. The Balaban J connectivity index is 1.97. The van der Waals surface area contributed by atoms with E-state index in [4.69, 9.17) is 27.9 Å². The van der Waals surface area contributed by atoms with E-state index in [1.165, 1.54) is 19.2 Å². The van der Waals surface area contributed by atoms with Gasteiger partial charge in [0.1, 0.15) is 5.75 Å². The first-order chi connectivity index (χ1) is 10.5. The standard InChI is InChI=1S/C16H11Cl2N2O2/c1-20(21)11-7-13(17)16(14(18)8-11)22-12-6-10-4-2-3-5-15(10)19-9-12/h2-9H,1H3/q-1. The van der Waals surface area contributed by atoms with Gasteiger partial charge in [0.25, 0.3) is 0 Å². The van der Waals surface area contributed by atoms with Crippen LogP contribution in [0.1, 0.15) is 0 Å². The van der Waals surface area contributed by atoms with Crippen molar-refractivity contribution in [2.75, 3.05) is 12.1 Å². The van der Waals surface area contributed by atoms with Crippen molar-refractivity contribution < 1.29 is 4.74 Å². The molecule has 2 aromatic carbocycles. The number of rotatable bonds is 3. The highest BCUT2D eigenvalue weighted by molar-refractivity contribution is 6.37. The van der Waals surface area contributed by atoms with Crippen molar-refractivity contribution in [1.29, 1.82) is 0 Å². The summed E-state index contributed by atoms with van der Waals surface area (Å²) in [6, 6.07) is 12.6. The molecule has 0 amide bonds. The monoisotopic (exact) mass is 333 g/mol. The molecule has 0 fully saturated rings. The molecule has 0 saturated heterocycles. The topological polar surface area (TPSA) is 48.4 Å². The van der Waals surface area contributed by atoms with Crippen LogP contribution in [0.15, 0.2) is 48.7 Å². The number of halogens is 2. The van der Waals surface area contributed by atoms with Crippen LogP contribution in [0.3, 0.4) is 0 Å². The highest BCUT2D eigenvalue weighted by Gasteiger charge is 2.11. The van der Waals surface area contributed by atoms with Gasteiger partial charge in [-0.1, -0.05) is 41.4 Å². The Labute approximate surface area is 137 Å². The van der Waals surface area contributed by atoms with Crippen LogP contribution in [0.4, 0.5) is 5.69 Å². The molecule has 0 saturated carbocycles. The van der Waals surface area contributed by atoms with Crippen LogP contribution >= 0.6 is 23.2 Å². The predicted octanol–water partition coefficient (Wildman–Crippen LogP) is 5.27. The molecule has 0 atom stereocenters. The van der Waals surface area contributed by atoms with Gasteiger partial charge in [-0.15, -0.1) is 0 Å². The number of para-hydroxylation sites is 1. The summed E-state index contributed by atoms with van der Waals surface area (Å²) < 4.78 is 5.74. The molecule has 0 spiro atoms. The largest absolute Gasteiger partial charge is 0.758 e. The molecule has 3 rings (SSSR count). The van der Waals surface area contributed by atoms with Crippen LogP contribution in [-0.4, -0.2) is 12.0 Å². The number of aromatic nitrogens is 1. The van der Waals surface area contributed by atoms with Crippen molar-refractivity contribution in [1.82, 2.24) is 4.98 Å². The number of anilines is 1. The number of hydrogen-bond acceptors (Lipinski definition) is 4. The number of pyridine rings is 1. The summed E-state index contributed by atoms with van der Waals surface area (Å²) in [5.41, 5.74) is 1.23. The van der Waals surface area contributed by atoms with Gasteiger partial charge in [-0.05, 0) is 31.3 Å². The van der Waals surface area contributed by atoms with Crippen LogP contribution in [0.25, 0.3) is 10.9 Å². The van der Waals surface area contributed by atoms with E-state index in [1.807, 2.05) is 30.3 Å². The summed E-state index contributed by atoms with van der Waals surface area (Å²) in [6.45, 7) is 0. The zero-order chi connectivity index (χ0) is 15.7. The Hall–Kier alpha value is -2.01. The van der Waals surface area contributed by atoms with E-state index in [9.17, 15) is 5.21 Å². The molecular formula is C16H11Cl2N2O2-. The molecule has 6 heteroatoms. The van der Waals surface area contributed by atoms with Gasteiger partial charge in [0.05, 0.1) is 21.8 Å². The van der Waals surface area contributed by atoms with Gasteiger partial charge >= 0.3 is 0 Å². The Morgan fingerprint density at radius 2 is 1.77 bits per heavy atom. The van der Waals surface area contributed by atoms with Crippen LogP contribution < -0.4 is 9.80 Å². The van der Waals surface area contributed by atoms with Crippen LogP contribution in [0.5, 0.6) is 11.5 Å². The van der Waals surface area contributed by atoms with Crippen molar-refractivity contribution in [3.63, 3.8) is 0 Å². The van der Waals surface area contributed by atoms with Gasteiger partial charge in [-0.3, -0.25) is 4.98 Å². The highest BCUT2D eigenvalue weighted by atomic mass is 35.5. The second-order valence-corrected chi connectivity index (χ2v) is 5.52. The second-order valence-electron chi connectivity index (χ2n) is 4.70. The van der Waals surface area contributed by atoms with E-state index in [0.29, 0.717) is 22.2 Å². The molecule has 112 valence electrons. The maximum Gasteiger partial charge on any atom is 0.164 e. The van der Waals surface area contributed by atoms with E-state index in [2.05, 4.69) is 4.98 Å². The first-order valence-corrected chi connectivity index (χ1v) is 7.23. The predicted molar refractivity (Wildman–Crippen MR) is 90.0 cm³/mol. The molecule has 3 aromatic rings. The molecule has 0 aliphatic carbocycles. The molecule has 0 N–H and O–H groups in total. The number of hydroxylamine groups is 1. The van der Waals surface area contributed by atoms with E-state index in [0.717, 1.165) is 10.9 Å². The number of ether oxygens (including phenoxy) is 1. The number of hydrogen-bond donors (Lipinski definition) is 0. The van der Waals surface area contributed by atoms with Crippen molar-refractivity contribution in [3.8, 4) is 11.5 Å². The van der Waals surface area contributed by atoms with E-state index < -0.39 is 0 Å². The summed E-state index contributed by atoms with van der Waals surface area (Å²) in [4.78, 5) is 4.31. The third kappa shape index (κ3) is 2.95. The van der Waals surface area contributed by atoms with E-state index >= 15 is 0 Å². The smallest absolute Gasteiger partial charge is 0.164 e. The Morgan fingerprint density at radius 1 is 1.09 bits per heavy atom. The fourth-order valence-electron chi connectivity index (χ4n) is 2.05. The van der Waals surface area contributed by atoms with Crippen molar-refractivity contribution >= 4 is 39.8 Å². The van der Waals surface area contributed by atoms with Crippen LogP contribution in [0, 0.1) is 5.21 Å². The SMILES string of the molecule is CN([O-])c1cc(Cl)c(Oc2cnc3ccccc3c2)c(Cl)c1. The lowest BCUT2D eigenvalue weighted by molar-refractivity contribution is 0.482. The first-order valence-electron chi connectivity index (χ1n) is 6.47. The number of benzene rings is 2. The molecule has 22 heavy (non-hydrogen) atoms. The molecule has 0 radical (unpaired) electrons. The third-order valence-electron chi connectivity index (χ3n) is 3.13. The second kappa shape index (κ2) is 6.01. The fraction of sp³-hybridized carbons (Fsp3) is 0.0625. The van der Waals surface area contributed by atoms with E-state index in [-0.39, 0.29) is 10.0 Å². The minimum absolute atomic E-state index is 0.262. The quantitative estimate of drug-likeness (QED) is 0.612. The lowest BCUT2D eigenvalue weighted by atomic mass is 10.2. The molecule has 0 aliphatic rings. The average molecular weight is 334 g/mol. The van der Waals surface area contributed by atoms with Gasteiger partial charge in [-0.2, -0.15) is 0 Å². The average Bonchev–Trinajstić information content (AvgIpc) is 2.50. The van der Waals surface area contributed by atoms with Crippen molar-refractivity contribution in [3.05, 3.63) is 63.9 Å². The number of fused-ring (bicyclic) bond motifs is 1. The van der Waals surface area contributed by atoms with Gasteiger partial charge in [0, 0.05) is 11.1 Å². The maximum absolute atomic E-state index is 11.3. The van der Waals surface area contributed by atoms with Crippen LogP contribution in [0.2, 0.25) is 10.0 Å². The van der Waals surface area contributed by atoms with Gasteiger partial charge in [0.2, 0.25) is 0 Å². The maximum atomic E-state index is 11.3. The minimum Gasteiger partial charge on any atom is -0.758 e.